The molecule has 1 amide bonds. The molecule has 194 valence electrons. The van der Waals surface area contributed by atoms with Gasteiger partial charge in [0.15, 0.2) is 16.9 Å². The molecule has 2 N–H and O–H groups in total. The first kappa shape index (κ1) is 25.9. The van der Waals surface area contributed by atoms with Gasteiger partial charge in [0.25, 0.3) is 5.56 Å². The summed E-state index contributed by atoms with van der Waals surface area (Å²) >= 11 is 1.10. The van der Waals surface area contributed by atoms with Crippen LogP contribution in [0.4, 0.5) is 19.0 Å². The van der Waals surface area contributed by atoms with Crippen molar-refractivity contribution in [3.8, 4) is 10.6 Å². The van der Waals surface area contributed by atoms with Crippen molar-refractivity contribution in [2.45, 2.75) is 46.0 Å². The van der Waals surface area contributed by atoms with Crippen LogP contribution in [0.5, 0.6) is 0 Å². The Morgan fingerprint density at radius 3 is 2.62 bits per heavy atom. The third-order valence-electron chi connectivity index (χ3n) is 5.59. The van der Waals surface area contributed by atoms with Gasteiger partial charge in [0.05, 0.1) is 12.9 Å². The number of alkyl halides is 3. The molecular formula is C22H20F3N7O4S. The maximum Gasteiger partial charge on any atom is 0.433 e. The number of H-pyrrole nitrogens is 1. The number of nitrogens with zero attached hydrogens (tertiary/aromatic N) is 5. The Labute approximate surface area is 210 Å². The average Bonchev–Trinajstić information content (AvgIpc) is 3.47. The van der Waals surface area contributed by atoms with E-state index in [9.17, 15) is 32.3 Å². The smallest absolute Gasteiger partial charge is 0.312 e. The molecule has 15 heteroatoms. The summed E-state index contributed by atoms with van der Waals surface area (Å²) in [6, 6.07) is 0.342. The zero-order chi connectivity index (χ0) is 27.1. The molecule has 0 saturated carbocycles. The topological polar surface area (TPSA) is 145 Å². The number of rotatable bonds is 7. The number of Topliss-reactive ketones (excluding diaryl/α,β-unsaturated/α-hetero) is 1. The fraction of sp³-hybridized carbons (Fsp3) is 0.318. The highest BCUT2D eigenvalue weighted by molar-refractivity contribution is 7.13. The molecule has 0 aliphatic rings. The summed E-state index contributed by atoms with van der Waals surface area (Å²) in [6.07, 6.45) is -2.14. The summed E-state index contributed by atoms with van der Waals surface area (Å²) in [5, 5.41) is 4.46. The number of aryl methyl sites for hydroxylation is 1. The normalized spacial score (nSPS) is 12.6. The van der Waals surface area contributed by atoms with E-state index < -0.39 is 41.6 Å². The minimum Gasteiger partial charge on any atom is -0.312 e. The first-order valence-electron chi connectivity index (χ1n) is 10.9. The largest absolute Gasteiger partial charge is 0.433 e. The number of imidazole rings is 1. The lowest BCUT2D eigenvalue weighted by atomic mass is 10.1. The van der Waals surface area contributed by atoms with Crippen LogP contribution in [-0.2, 0) is 22.3 Å². The second kappa shape index (κ2) is 9.72. The Kier molecular flexibility index (Phi) is 6.82. The molecule has 4 aromatic rings. The second-order valence-electron chi connectivity index (χ2n) is 8.15. The van der Waals surface area contributed by atoms with E-state index in [1.54, 1.807) is 6.92 Å². The quantitative estimate of drug-likeness (QED) is 0.370. The molecule has 11 nitrogen and oxygen atoms in total. The van der Waals surface area contributed by atoms with E-state index in [1.807, 2.05) is 0 Å². The number of thiazole rings is 1. The van der Waals surface area contributed by atoms with Gasteiger partial charge < -0.3 is 9.88 Å². The van der Waals surface area contributed by atoms with Crippen LogP contribution < -0.4 is 16.6 Å². The SMILES string of the molecule is CCC(=O)Cn1c(=O)[nH]c2ncn([C@@H](C)C(=O)Nc3csc(-c4cnc(C(F)(F)F)c(C)c4)n3)c2c1=O. The molecule has 0 aliphatic carbocycles. The fourth-order valence-electron chi connectivity index (χ4n) is 3.59. The van der Waals surface area contributed by atoms with Crippen LogP contribution in [0.15, 0.2) is 33.6 Å². The van der Waals surface area contributed by atoms with E-state index in [0.717, 1.165) is 22.1 Å². The Morgan fingerprint density at radius 1 is 1.24 bits per heavy atom. The lowest BCUT2D eigenvalue weighted by molar-refractivity contribution is -0.141. The predicted molar refractivity (Wildman–Crippen MR) is 128 cm³/mol. The van der Waals surface area contributed by atoms with Crippen molar-refractivity contribution >= 4 is 40.0 Å². The summed E-state index contributed by atoms with van der Waals surface area (Å²) in [7, 11) is 0. The molecule has 0 spiro atoms. The van der Waals surface area contributed by atoms with Crippen molar-refractivity contribution in [1.82, 2.24) is 29.1 Å². The zero-order valence-electron chi connectivity index (χ0n) is 19.7. The monoisotopic (exact) mass is 535 g/mol. The molecule has 37 heavy (non-hydrogen) atoms. The van der Waals surface area contributed by atoms with Crippen LogP contribution >= 0.6 is 11.3 Å². The Morgan fingerprint density at radius 2 is 1.97 bits per heavy atom. The number of anilines is 1. The van der Waals surface area contributed by atoms with E-state index >= 15 is 0 Å². The maximum absolute atomic E-state index is 13.0. The number of aromatic amines is 1. The third kappa shape index (κ3) is 5.07. The van der Waals surface area contributed by atoms with Gasteiger partial charge in [-0.3, -0.25) is 28.9 Å². The van der Waals surface area contributed by atoms with Gasteiger partial charge in [-0.25, -0.2) is 14.8 Å². The first-order chi connectivity index (χ1) is 17.4. The van der Waals surface area contributed by atoms with Crippen molar-refractivity contribution in [1.29, 1.82) is 0 Å². The van der Waals surface area contributed by atoms with Crippen LogP contribution in [0.1, 0.15) is 37.6 Å². The predicted octanol–water partition coefficient (Wildman–Crippen LogP) is 2.91. The van der Waals surface area contributed by atoms with Gasteiger partial charge in [0, 0.05) is 23.6 Å². The van der Waals surface area contributed by atoms with Gasteiger partial charge in [0.2, 0.25) is 5.91 Å². The summed E-state index contributed by atoms with van der Waals surface area (Å²) in [4.78, 5) is 64.1. The Hall–Kier alpha value is -4.14. The second-order valence-corrected chi connectivity index (χ2v) is 9.01. The molecule has 4 aromatic heterocycles. The number of halogens is 3. The van der Waals surface area contributed by atoms with Crippen molar-refractivity contribution in [3.63, 3.8) is 0 Å². The molecule has 4 heterocycles. The summed E-state index contributed by atoms with van der Waals surface area (Å²) < 4.78 is 41.0. The Bertz CT molecular complexity index is 1630. The average molecular weight is 536 g/mol. The number of carbonyl (C=O) groups excluding carboxylic acids is 2. The minimum atomic E-state index is -4.57. The number of carbonyl (C=O) groups is 2. The molecule has 0 saturated heterocycles. The number of hydrogen-bond acceptors (Lipinski definition) is 8. The van der Waals surface area contributed by atoms with Crippen LogP contribution in [-0.4, -0.2) is 40.8 Å². The number of nitrogens with one attached hydrogen (secondary N) is 2. The summed E-state index contributed by atoms with van der Waals surface area (Å²) in [6.45, 7) is 3.99. The van der Waals surface area contributed by atoms with Gasteiger partial charge in [-0.15, -0.1) is 11.3 Å². The number of ketones is 1. The third-order valence-corrected chi connectivity index (χ3v) is 6.48. The van der Waals surface area contributed by atoms with Crippen LogP contribution in [0.25, 0.3) is 21.7 Å². The molecular weight excluding hydrogens is 515 g/mol. The van der Waals surface area contributed by atoms with Gasteiger partial charge in [-0.05, 0) is 25.5 Å². The van der Waals surface area contributed by atoms with Gasteiger partial charge in [0.1, 0.15) is 22.6 Å². The van der Waals surface area contributed by atoms with E-state index in [0.29, 0.717) is 10.6 Å². The zero-order valence-corrected chi connectivity index (χ0v) is 20.5. The van der Waals surface area contributed by atoms with Crippen LogP contribution in [0.2, 0.25) is 0 Å². The highest BCUT2D eigenvalue weighted by Crippen LogP contribution is 2.33. The Balaban J connectivity index is 1.58. The molecule has 0 radical (unpaired) electrons. The molecule has 0 bridgehead atoms. The number of fused-ring (bicyclic) bond motifs is 1. The molecule has 0 aromatic carbocycles. The first-order valence-corrected chi connectivity index (χ1v) is 11.8. The summed E-state index contributed by atoms with van der Waals surface area (Å²) in [5.74, 6) is -0.737. The number of aromatic nitrogens is 6. The van der Waals surface area contributed by atoms with E-state index in [-0.39, 0.29) is 34.7 Å². The highest BCUT2D eigenvalue weighted by Gasteiger charge is 2.34. The highest BCUT2D eigenvalue weighted by atomic mass is 32.1. The molecule has 1 atom stereocenters. The number of amides is 1. The van der Waals surface area contributed by atoms with Crippen molar-refractivity contribution < 1.29 is 22.8 Å². The van der Waals surface area contributed by atoms with E-state index in [1.165, 1.54) is 36.2 Å². The van der Waals surface area contributed by atoms with Crippen LogP contribution in [0, 0.1) is 6.92 Å². The molecule has 0 aliphatic heterocycles. The number of pyridine rings is 1. The summed E-state index contributed by atoms with van der Waals surface area (Å²) in [5.41, 5.74) is -2.33. The maximum atomic E-state index is 13.0. The number of hydrogen-bond donors (Lipinski definition) is 2. The molecule has 0 unspecified atom stereocenters. The standard InChI is InChI=1S/C22H20F3N7O4S/c1-4-13(33)7-31-20(35)15-17(30-21(31)36)27-9-32(15)11(3)18(34)28-14-8-37-19(29-14)12-5-10(2)16(26-6-12)22(23,24)25/h5-6,8-9,11H,4,7H2,1-3H3,(H,28,34)(H,30,36)/t11-/m0/s1. The van der Waals surface area contributed by atoms with E-state index in [4.69, 9.17) is 0 Å². The fourth-order valence-corrected chi connectivity index (χ4v) is 4.32. The van der Waals surface area contributed by atoms with Crippen molar-refractivity contribution in [2.75, 3.05) is 5.32 Å². The van der Waals surface area contributed by atoms with Crippen LogP contribution in [0.3, 0.4) is 0 Å². The lowest BCUT2D eigenvalue weighted by Crippen LogP contribution is -2.38. The van der Waals surface area contributed by atoms with Crippen molar-refractivity contribution in [2.24, 2.45) is 0 Å². The lowest BCUT2D eigenvalue weighted by Gasteiger charge is -2.13. The minimum absolute atomic E-state index is 0.0315. The van der Waals surface area contributed by atoms with Gasteiger partial charge >= 0.3 is 11.9 Å². The van der Waals surface area contributed by atoms with Crippen molar-refractivity contribution in [3.05, 3.63) is 56.1 Å². The van der Waals surface area contributed by atoms with Gasteiger partial charge in [-0.2, -0.15) is 13.2 Å². The van der Waals surface area contributed by atoms with E-state index in [2.05, 4.69) is 25.3 Å². The molecule has 4 rings (SSSR count). The molecule has 0 fully saturated rings. The van der Waals surface area contributed by atoms with Gasteiger partial charge in [-0.1, -0.05) is 6.92 Å².